The normalized spacial score (nSPS) is 21.5. The molecule has 0 spiro atoms. The quantitative estimate of drug-likeness (QED) is 0.792. The number of nitrogens with zero attached hydrogens (tertiary/aromatic N) is 2. The highest BCUT2D eigenvalue weighted by Gasteiger charge is 2.35. The van der Waals surface area contributed by atoms with Crippen molar-refractivity contribution in [3.05, 3.63) is 24.3 Å². The summed E-state index contributed by atoms with van der Waals surface area (Å²) in [6, 6.07) is 5.83. The molecule has 1 aromatic carbocycles. The first-order valence-electron chi connectivity index (χ1n) is 10.4. The number of anilines is 1. The largest absolute Gasteiger partial charge is 0.330 e. The van der Waals surface area contributed by atoms with Crippen molar-refractivity contribution in [1.29, 1.82) is 0 Å². The molecule has 7 nitrogen and oxygen atoms in total. The van der Waals surface area contributed by atoms with Gasteiger partial charge in [0, 0.05) is 31.2 Å². The van der Waals surface area contributed by atoms with E-state index in [1.807, 2.05) is 13.8 Å². The molecular weight excluding hydrogens is 390 g/mol. The first-order chi connectivity index (χ1) is 13.7. The Morgan fingerprint density at radius 2 is 1.66 bits per heavy atom. The summed E-state index contributed by atoms with van der Waals surface area (Å²) < 4.78 is 27.2. The van der Waals surface area contributed by atoms with Crippen LogP contribution in [0.1, 0.15) is 46.5 Å². The summed E-state index contributed by atoms with van der Waals surface area (Å²) in [6.07, 6.45) is 3.20. The van der Waals surface area contributed by atoms with Crippen molar-refractivity contribution in [2.75, 3.05) is 25.0 Å². The maximum absolute atomic E-state index is 12.8. The number of rotatable bonds is 5. The van der Waals surface area contributed by atoms with Crippen LogP contribution in [0, 0.1) is 11.8 Å². The highest BCUT2D eigenvalue weighted by Crippen LogP contribution is 2.25. The molecule has 0 radical (unpaired) electrons. The summed E-state index contributed by atoms with van der Waals surface area (Å²) in [5, 5.41) is 2.83. The van der Waals surface area contributed by atoms with Crippen molar-refractivity contribution < 1.29 is 18.0 Å². The Balaban J connectivity index is 1.66. The van der Waals surface area contributed by atoms with Gasteiger partial charge in [-0.25, -0.2) is 8.42 Å². The van der Waals surface area contributed by atoms with Crippen LogP contribution in [-0.4, -0.2) is 55.1 Å². The Morgan fingerprint density at radius 1 is 1.03 bits per heavy atom. The standard InChI is InChI=1S/C21H31N3O4S/c1-15(2)21(26)24-12-4-5-19(24)20(25)22-17-6-8-18(9-7-17)29(27,28)23-13-10-16(3)11-14-23/h6-9,15-16,19H,4-5,10-14H2,1-3H3,(H,22,25). The molecule has 2 saturated heterocycles. The van der Waals surface area contributed by atoms with Gasteiger partial charge >= 0.3 is 0 Å². The molecule has 0 aliphatic carbocycles. The summed E-state index contributed by atoms with van der Waals surface area (Å²) in [7, 11) is -3.51. The minimum absolute atomic E-state index is 0.0139. The molecule has 1 unspecified atom stereocenters. The van der Waals surface area contributed by atoms with Crippen molar-refractivity contribution in [3.63, 3.8) is 0 Å². The van der Waals surface area contributed by atoms with Crippen LogP contribution in [0.3, 0.4) is 0 Å². The maximum Gasteiger partial charge on any atom is 0.247 e. The lowest BCUT2D eigenvalue weighted by Crippen LogP contribution is -2.44. The fourth-order valence-electron chi connectivity index (χ4n) is 3.94. The first kappa shape index (κ1) is 21.8. The molecule has 2 heterocycles. The van der Waals surface area contributed by atoms with Crippen LogP contribution in [0.4, 0.5) is 5.69 Å². The van der Waals surface area contributed by atoms with Crippen molar-refractivity contribution in [2.45, 2.75) is 57.4 Å². The number of sulfonamides is 1. The number of hydrogen-bond acceptors (Lipinski definition) is 4. The number of hydrogen-bond donors (Lipinski definition) is 1. The smallest absolute Gasteiger partial charge is 0.247 e. The van der Waals surface area contributed by atoms with Gasteiger partial charge in [-0.2, -0.15) is 4.31 Å². The number of benzene rings is 1. The van der Waals surface area contributed by atoms with Crippen molar-refractivity contribution in [3.8, 4) is 0 Å². The van der Waals surface area contributed by atoms with E-state index < -0.39 is 16.1 Å². The summed E-state index contributed by atoms with van der Waals surface area (Å²) in [5.74, 6) is 0.166. The third-order valence-corrected chi connectivity index (χ3v) is 7.75. The van der Waals surface area contributed by atoms with E-state index in [0.29, 0.717) is 37.7 Å². The Kier molecular flexibility index (Phi) is 6.63. The fourth-order valence-corrected chi connectivity index (χ4v) is 5.41. The highest BCUT2D eigenvalue weighted by atomic mass is 32.2. The average Bonchev–Trinajstić information content (AvgIpc) is 3.18. The SMILES string of the molecule is CC1CCN(S(=O)(=O)c2ccc(NC(=O)C3CCCN3C(=O)C(C)C)cc2)CC1. The third kappa shape index (κ3) is 4.80. The number of likely N-dealkylation sites (tertiary alicyclic amines) is 1. The molecule has 8 heteroatoms. The van der Waals surface area contributed by atoms with Gasteiger partial charge in [0.15, 0.2) is 0 Å². The van der Waals surface area contributed by atoms with E-state index in [1.54, 1.807) is 17.0 Å². The topological polar surface area (TPSA) is 86.8 Å². The Bertz CT molecular complexity index is 843. The van der Waals surface area contributed by atoms with E-state index in [9.17, 15) is 18.0 Å². The number of nitrogens with one attached hydrogen (secondary N) is 1. The molecule has 0 aromatic heterocycles. The minimum atomic E-state index is -3.51. The van der Waals surface area contributed by atoms with Gasteiger partial charge in [-0.3, -0.25) is 9.59 Å². The Labute approximate surface area is 173 Å². The Hall–Kier alpha value is -1.93. The summed E-state index contributed by atoms with van der Waals surface area (Å²) >= 11 is 0. The second-order valence-corrected chi connectivity index (χ2v) is 10.4. The predicted octanol–water partition coefficient (Wildman–Crippen LogP) is 2.69. The van der Waals surface area contributed by atoms with Gasteiger partial charge in [-0.05, 0) is 55.9 Å². The molecule has 1 aromatic rings. The van der Waals surface area contributed by atoms with E-state index in [0.717, 1.165) is 19.3 Å². The lowest BCUT2D eigenvalue weighted by Gasteiger charge is -2.29. The van der Waals surface area contributed by atoms with Gasteiger partial charge < -0.3 is 10.2 Å². The van der Waals surface area contributed by atoms with Gasteiger partial charge in [-0.1, -0.05) is 20.8 Å². The molecule has 0 bridgehead atoms. The van der Waals surface area contributed by atoms with Crippen molar-refractivity contribution in [1.82, 2.24) is 9.21 Å². The number of amides is 2. The molecule has 1 N–H and O–H groups in total. The van der Waals surface area contributed by atoms with E-state index in [4.69, 9.17) is 0 Å². The molecule has 2 fully saturated rings. The summed E-state index contributed by atoms with van der Waals surface area (Å²) in [4.78, 5) is 26.9. The molecular formula is C21H31N3O4S. The fraction of sp³-hybridized carbons (Fsp3) is 0.619. The molecule has 3 rings (SSSR count). The lowest BCUT2D eigenvalue weighted by atomic mass is 10.0. The van der Waals surface area contributed by atoms with E-state index >= 15 is 0 Å². The molecule has 1 atom stereocenters. The van der Waals surface area contributed by atoms with Gasteiger partial charge in [0.2, 0.25) is 21.8 Å². The Morgan fingerprint density at radius 3 is 2.24 bits per heavy atom. The minimum Gasteiger partial charge on any atom is -0.330 e. The van der Waals surface area contributed by atoms with Gasteiger partial charge in [0.25, 0.3) is 0 Å². The molecule has 29 heavy (non-hydrogen) atoms. The van der Waals surface area contributed by atoms with Crippen LogP contribution in [0.15, 0.2) is 29.2 Å². The monoisotopic (exact) mass is 421 g/mol. The molecule has 2 aliphatic heterocycles. The third-order valence-electron chi connectivity index (χ3n) is 5.83. The second kappa shape index (κ2) is 8.83. The van der Waals surface area contributed by atoms with E-state index in [-0.39, 0.29) is 22.6 Å². The zero-order chi connectivity index (χ0) is 21.2. The van der Waals surface area contributed by atoms with Crippen LogP contribution >= 0.6 is 0 Å². The summed E-state index contributed by atoms with van der Waals surface area (Å²) in [5.41, 5.74) is 0.532. The molecule has 2 amide bonds. The highest BCUT2D eigenvalue weighted by molar-refractivity contribution is 7.89. The number of carbonyl (C=O) groups excluding carboxylic acids is 2. The van der Waals surface area contributed by atoms with Crippen molar-refractivity contribution in [2.24, 2.45) is 11.8 Å². The van der Waals surface area contributed by atoms with Crippen LogP contribution in [-0.2, 0) is 19.6 Å². The number of carbonyl (C=O) groups is 2. The van der Waals surface area contributed by atoms with Gasteiger partial charge in [0.05, 0.1) is 4.90 Å². The van der Waals surface area contributed by atoms with Crippen molar-refractivity contribution >= 4 is 27.5 Å². The maximum atomic E-state index is 12.8. The first-order valence-corrected chi connectivity index (χ1v) is 11.9. The number of piperidine rings is 1. The zero-order valence-electron chi connectivity index (χ0n) is 17.4. The van der Waals surface area contributed by atoms with Gasteiger partial charge in [-0.15, -0.1) is 0 Å². The molecule has 0 saturated carbocycles. The summed E-state index contributed by atoms with van der Waals surface area (Å²) in [6.45, 7) is 7.49. The molecule has 160 valence electrons. The van der Waals surface area contributed by atoms with Crippen LogP contribution in [0.25, 0.3) is 0 Å². The van der Waals surface area contributed by atoms with E-state index in [2.05, 4.69) is 12.2 Å². The molecule has 2 aliphatic rings. The van der Waals surface area contributed by atoms with Crippen LogP contribution in [0.5, 0.6) is 0 Å². The lowest BCUT2D eigenvalue weighted by molar-refractivity contribution is -0.139. The van der Waals surface area contributed by atoms with E-state index in [1.165, 1.54) is 16.4 Å². The van der Waals surface area contributed by atoms with Crippen LogP contribution in [0.2, 0.25) is 0 Å². The zero-order valence-corrected chi connectivity index (χ0v) is 18.2. The van der Waals surface area contributed by atoms with Crippen LogP contribution < -0.4 is 5.32 Å². The second-order valence-electron chi connectivity index (χ2n) is 8.44. The predicted molar refractivity (Wildman–Crippen MR) is 112 cm³/mol. The van der Waals surface area contributed by atoms with Gasteiger partial charge in [0.1, 0.15) is 6.04 Å². The average molecular weight is 422 g/mol.